The maximum Gasteiger partial charge on any atom is 0.0440 e. The van der Waals surface area contributed by atoms with Crippen LogP contribution in [0.4, 0.5) is 0 Å². The van der Waals surface area contributed by atoms with Crippen LogP contribution in [0.5, 0.6) is 0 Å². The van der Waals surface area contributed by atoms with E-state index >= 15 is 0 Å². The van der Waals surface area contributed by atoms with Crippen LogP contribution in [-0.2, 0) is 6.42 Å². The predicted octanol–water partition coefficient (Wildman–Crippen LogP) is 3.47. The molecule has 1 rings (SSSR count). The highest BCUT2D eigenvalue weighted by molar-refractivity contribution is 6.31. The van der Waals surface area contributed by atoms with Gasteiger partial charge >= 0.3 is 0 Å². The van der Waals surface area contributed by atoms with Crippen molar-refractivity contribution in [3.8, 4) is 0 Å². The summed E-state index contributed by atoms with van der Waals surface area (Å²) in [5.41, 5.74) is 2.21. The standard InChI is InChI=1S/C10H12Cl/c1-3-4-9-6-5-8(2)7-10(9)11/h5-7H,2-4H2,1H3. The van der Waals surface area contributed by atoms with E-state index in [0.29, 0.717) is 0 Å². The van der Waals surface area contributed by atoms with Crippen molar-refractivity contribution in [1.29, 1.82) is 0 Å². The zero-order valence-electron chi connectivity index (χ0n) is 6.73. The van der Waals surface area contributed by atoms with Gasteiger partial charge in [0.2, 0.25) is 0 Å². The summed E-state index contributed by atoms with van der Waals surface area (Å²) in [5.74, 6) is 0. The van der Waals surface area contributed by atoms with Gasteiger partial charge in [-0.15, -0.1) is 0 Å². The highest BCUT2D eigenvalue weighted by Crippen LogP contribution is 2.18. The molecule has 0 spiro atoms. The molecule has 59 valence electrons. The van der Waals surface area contributed by atoms with Gasteiger partial charge in [0.1, 0.15) is 0 Å². The maximum atomic E-state index is 5.97. The van der Waals surface area contributed by atoms with Crippen molar-refractivity contribution < 1.29 is 0 Å². The molecule has 0 aliphatic carbocycles. The lowest BCUT2D eigenvalue weighted by Crippen LogP contribution is -1.84. The zero-order valence-corrected chi connectivity index (χ0v) is 7.49. The van der Waals surface area contributed by atoms with Gasteiger partial charge in [-0.05, 0) is 30.5 Å². The lowest BCUT2D eigenvalue weighted by molar-refractivity contribution is 0.922. The summed E-state index contributed by atoms with van der Waals surface area (Å²) in [4.78, 5) is 0. The van der Waals surface area contributed by atoms with Crippen molar-refractivity contribution in [3.63, 3.8) is 0 Å². The van der Waals surface area contributed by atoms with Crippen LogP contribution in [0.2, 0.25) is 5.02 Å². The first-order valence-corrected chi connectivity index (χ1v) is 4.22. The average Bonchev–Trinajstić information content (AvgIpc) is 1.95. The van der Waals surface area contributed by atoms with Gasteiger partial charge < -0.3 is 0 Å². The van der Waals surface area contributed by atoms with E-state index in [9.17, 15) is 0 Å². The number of rotatable bonds is 2. The minimum atomic E-state index is 0.847. The Kier molecular flexibility index (Phi) is 2.95. The minimum absolute atomic E-state index is 0.847. The molecule has 1 aromatic carbocycles. The van der Waals surface area contributed by atoms with Crippen LogP contribution >= 0.6 is 11.6 Å². The van der Waals surface area contributed by atoms with E-state index in [2.05, 4.69) is 13.8 Å². The van der Waals surface area contributed by atoms with Crippen LogP contribution in [0.1, 0.15) is 24.5 Å². The summed E-state index contributed by atoms with van der Waals surface area (Å²) in [6, 6.07) is 5.96. The van der Waals surface area contributed by atoms with E-state index in [1.807, 2.05) is 18.2 Å². The molecular weight excluding hydrogens is 156 g/mol. The fourth-order valence-corrected chi connectivity index (χ4v) is 1.36. The van der Waals surface area contributed by atoms with Crippen molar-refractivity contribution in [2.45, 2.75) is 19.8 Å². The minimum Gasteiger partial charge on any atom is -0.0840 e. The predicted molar refractivity (Wildman–Crippen MR) is 49.9 cm³/mol. The van der Waals surface area contributed by atoms with Gasteiger partial charge in [0, 0.05) is 5.02 Å². The number of hydrogen-bond donors (Lipinski definition) is 0. The summed E-state index contributed by atoms with van der Waals surface area (Å²) in [6.45, 7) is 5.95. The second-order valence-corrected chi connectivity index (χ2v) is 3.08. The molecule has 1 aromatic rings. The van der Waals surface area contributed by atoms with Crippen molar-refractivity contribution >= 4 is 11.6 Å². The van der Waals surface area contributed by atoms with Gasteiger partial charge in [0.05, 0.1) is 0 Å². The Morgan fingerprint density at radius 3 is 2.73 bits per heavy atom. The highest BCUT2D eigenvalue weighted by atomic mass is 35.5. The van der Waals surface area contributed by atoms with Gasteiger partial charge in [-0.2, -0.15) is 0 Å². The first kappa shape index (κ1) is 8.61. The quantitative estimate of drug-likeness (QED) is 0.633. The van der Waals surface area contributed by atoms with E-state index in [1.54, 1.807) is 0 Å². The molecule has 0 aliphatic heterocycles. The Hall–Kier alpha value is -0.490. The highest BCUT2D eigenvalue weighted by Gasteiger charge is 1.97. The van der Waals surface area contributed by atoms with Gasteiger partial charge in [0.15, 0.2) is 0 Å². The van der Waals surface area contributed by atoms with Crippen LogP contribution in [-0.4, -0.2) is 0 Å². The Balaban J connectivity index is 2.90. The summed E-state index contributed by atoms with van der Waals surface area (Å²) >= 11 is 5.97. The number of halogens is 1. The molecule has 1 heteroatoms. The zero-order chi connectivity index (χ0) is 8.27. The Morgan fingerprint density at radius 1 is 1.45 bits per heavy atom. The molecule has 0 aromatic heterocycles. The molecule has 0 bridgehead atoms. The van der Waals surface area contributed by atoms with Crippen molar-refractivity contribution in [1.82, 2.24) is 0 Å². The van der Waals surface area contributed by atoms with Crippen LogP contribution in [0.3, 0.4) is 0 Å². The first-order chi connectivity index (χ1) is 5.24. The van der Waals surface area contributed by atoms with E-state index in [4.69, 9.17) is 11.6 Å². The molecule has 0 amide bonds. The van der Waals surface area contributed by atoms with Gasteiger partial charge in [-0.3, -0.25) is 0 Å². The molecule has 0 N–H and O–H groups in total. The van der Waals surface area contributed by atoms with Crippen LogP contribution in [0, 0.1) is 6.92 Å². The third-order valence-corrected chi connectivity index (χ3v) is 1.99. The largest absolute Gasteiger partial charge is 0.0840 e. The Bertz CT molecular complexity index is 241. The van der Waals surface area contributed by atoms with E-state index in [1.165, 1.54) is 5.56 Å². The van der Waals surface area contributed by atoms with E-state index in [0.717, 1.165) is 23.4 Å². The van der Waals surface area contributed by atoms with Gasteiger partial charge in [-0.1, -0.05) is 37.1 Å². The van der Waals surface area contributed by atoms with E-state index < -0.39 is 0 Å². The smallest absolute Gasteiger partial charge is 0.0440 e. The normalized spacial score (nSPS) is 10.1. The summed E-state index contributed by atoms with van der Waals surface area (Å²) in [5, 5.41) is 0.847. The number of aryl methyl sites for hydroxylation is 1. The SMILES string of the molecule is [CH2]c1ccc(CCC)c(Cl)c1. The lowest BCUT2D eigenvalue weighted by Gasteiger charge is -2.02. The summed E-state index contributed by atoms with van der Waals surface area (Å²) in [7, 11) is 0. The molecule has 0 atom stereocenters. The number of benzene rings is 1. The second kappa shape index (κ2) is 3.77. The fraction of sp³-hybridized carbons (Fsp3) is 0.300. The van der Waals surface area contributed by atoms with Crippen LogP contribution in [0.25, 0.3) is 0 Å². The van der Waals surface area contributed by atoms with E-state index in [-0.39, 0.29) is 0 Å². The topological polar surface area (TPSA) is 0 Å². The molecule has 0 nitrogen and oxygen atoms in total. The Labute approximate surface area is 73.2 Å². The maximum absolute atomic E-state index is 5.97. The van der Waals surface area contributed by atoms with Crippen LogP contribution < -0.4 is 0 Å². The first-order valence-electron chi connectivity index (χ1n) is 3.84. The van der Waals surface area contributed by atoms with Crippen molar-refractivity contribution in [3.05, 3.63) is 41.3 Å². The molecule has 1 radical (unpaired) electrons. The molecule has 0 heterocycles. The third kappa shape index (κ3) is 2.23. The summed E-state index contributed by atoms with van der Waals surface area (Å²) in [6.07, 6.45) is 2.19. The molecule has 0 unspecified atom stereocenters. The average molecular weight is 168 g/mol. The number of hydrogen-bond acceptors (Lipinski definition) is 0. The molecule has 11 heavy (non-hydrogen) atoms. The molecule has 0 saturated heterocycles. The summed E-state index contributed by atoms with van der Waals surface area (Å²) < 4.78 is 0. The van der Waals surface area contributed by atoms with Crippen molar-refractivity contribution in [2.24, 2.45) is 0 Å². The van der Waals surface area contributed by atoms with Gasteiger partial charge in [0.25, 0.3) is 0 Å². The third-order valence-electron chi connectivity index (χ3n) is 1.64. The molecule has 0 fully saturated rings. The van der Waals surface area contributed by atoms with Crippen molar-refractivity contribution in [2.75, 3.05) is 0 Å². The molecule has 0 saturated carbocycles. The monoisotopic (exact) mass is 167 g/mol. The fourth-order valence-electron chi connectivity index (χ4n) is 1.06. The van der Waals surface area contributed by atoms with Gasteiger partial charge in [-0.25, -0.2) is 0 Å². The molecular formula is C10H12Cl. The molecule has 0 aliphatic rings. The second-order valence-electron chi connectivity index (χ2n) is 2.68. The Morgan fingerprint density at radius 2 is 2.18 bits per heavy atom. The van der Waals surface area contributed by atoms with Crippen LogP contribution in [0.15, 0.2) is 18.2 Å². The lowest BCUT2D eigenvalue weighted by atomic mass is 10.1.